The molecule has 0 radical (unpaired) electrons. The Morgan fingerprint density at radius 1 is 1.00 bits per heavy atom. The van der Waals surface area contributed by atoms with Crippen LogP contribution in [-0.2, 0) is 6.42 Å². The summed E-state index contributed by atoms with van der Waals surface area (Å²) in [5.74, 6) is 0.742. The third-order valence-corrected chi connectivity index (χ3v) is 8.17. The number of alkyl halides is 2. The van der Waals surface area contributed by atoms with Gasteiger partial charge in [0, 0.05) is 35.5 Å². The second kappa shape index (κ2) is 9.63. The van der Waals surface area contributed by atoms with E-state index in [0.717, 1.165) is 41.9 Å². The third-order valence-electron chi connectivity index (χ3n) is 8.17. The monoisotopic (exact) mass is 528 g/mol. The second-order valence-electron chi connectivity index (χ2n) is 11.0. The molecule has 3 saturated carbocycles. The van der Waals surface area contributed by atoms with Crippen molar-refractivity contribution < 1.29 is 22.8 Å². The highest BCUT2D eigenvalue weighted by Crippen LogP contribution is 2.57. The SMILES string of the molecule is CNC(=O)c1c(-c2ccc(C)cc2)oc2cc(CCC(F)F)c(-c3cccc(C(=O)NC45CC(C4)C5)c3)cc12. The highest BCUT2D eigenvalue weighted by Gasteiger charge is 2.57. The minimum atomic E-state index is -2.46. The van der Waals surface area contributed by atoms with Gasteiger partial charge in [-0.1, -0.05) is 42.0 Å². The van der Waals surface area contributed by atoms with E-state index in [2.05, 4.69) is 10.6 Å². The van der Waals surface area contributed by atoms with Gasteiger partial charge in [0.25, 0.3) is 11.8 Å². The summed E-state index contributed by atoms with van der Waals surface area (Å²) >= 11 is 0. The molecule has 1 heterocycles. The summed E-state index contributed by atoms with van der Waals surface area (Å²) in [5.41, 5.74) is 5.24. The van der Waals surface area contributed by atoms with Gasteiger partial charge >= 0.3 is 0 Å². The molecule has 7 rings (SSSR count). The number of benzene rings is 3. The minimum absolute atomic E-state index is 0.0509. The summed E-state index contributed by atoms with van der Waals surface area (Å²) in [5, 5.41) is 6.48. The Bertz CT molecular complexity index is 1570. The first-order chi connectivity index (χ1) is 18.7. The predicted octanol–water partition coefficient (Wildman–Crippen LogP) is 6.91. The van der Waals surface area contributed by atoms with E-state index in [4.69, 9.17) is 4.42 Å². The summed E-state index contributed by atoms with van der Waals surface area (Å²) in [6, 6.07) is 18.5. The van der Waals surface area contributed by atoms with E-state index in [1.165, 1.54) is 0 Å². The molecular weight excluding hydrogens is 498 g/mol. The van der Waals surface area contributed by atoms with Gasteiger partial charge in [-0.25, -0.2) is 8.78 Å². The fourth-order valence-electron chi connectivity index (χ4n) is 5.96. The number of hydrogen-bond donors (Lipinski definition) is 2. The lowest BCUT2D eigenvalue weighted by Gasteiger charge is -2.61. The van der Waals surface area contributed by atoms with E-state index in [9.17, 15) is 18.4 Å². The van der Waals surface area contributed by atoms with Crippen LogP contribution in [0.4, 0.5) is 8.78 Å². The number of furan rings is 1. The molecule has 3 fully saturated rings. The van der Waals surface area contributed by atoms with Gasteiger partial charge < -0.3 is 15.1 Å². The molecule has 3 aliphatic rings. The summed E-state index contributed by atoms with van der Waals surface area (Å²) in [6.07, 6.45) is 0.479. The third kappa shape index (κ3) is 4.60. The second-order valence-corrected chi connectivity index (χ2v) is 11.0. The Hall–Kier alpha value is -4.00. The van der Waals surface area contributed by atoms with Crippen molar-refractivity contribution in [2.45, 2.75) is 51.0 Å². The van der Waals surface area contributed by atoms with Crippen LogP contribution < -0.4 is 10.6 Å². The lowest BCUT2D eigenvalue weighted by Crippen LogP contribution is -2.68. The van der Waals surface area contributed by atoms with Crippen molar-refractivity contribution in [3.63, 3.8) is 0 Å². The first-order valence-electron chi connectivity index (χ1n) is 13.3. The summed E-state index contributed by atoms with van der Waals surface area (Å²) in [6.45, 7) is 1.98. The summed E-state index contributed by atoms with van der Waals surface area (Å²) in [7, 11) is 1.56. The van der Waals surface area contributed by atoms with Crippen LogP contribution in [0.3, 0.4) is 0 Å². The van der Waals surface area contributed by atoms with Crippen molar-refractivity contribution in [3.8, 4) is 22.5 Å². The fraction of sp³-hybridized carbons (Fsp3) is 0.312. The number of nitrogens with one attached hydrogen (secondary N) is 2. The minimum Gasteiger partial charge on any atom is -0.455 e. The number of hydrogen-bond acceptors (Lipinski definition) is 3. The van der Waals surface area contributed by atoms with E-state index in [0.29, 0.717) is 39.0 Å². The van der Waals surface area contributed by atoms with Crippen LogP contribution in [0.2, 0.25) is 0 Å². The first-order valence-corrected chi connectivity index (χ1v) is 13.3. The van der Waals surface area contributed by atoms with Crippen LogP contribution in [0.5, 0.6) is 0 Å². The molecule has 7 heteroatoms. The van der Waals surface area contributed by atoms with Crippen LogP contribution in [0.1, 0.15) is 57.5 Å². The Morgan fingerprint density at radius 2 is 1.74 bits per heavy atom. The van der Waals surface area contributed by atoms with Crippen molar-refractivity contribution in [3.05, 3.63) is 82.9 Å². The van der Waals surface area contributed by atoms with Gasteiger partial charge in [-0.05, 0) is 79.5 Å². The molecule has 2 amide bonds. The number of rotatable bonds is 8. The largest absolute Gasteiger partial charge is 0.455 e. The molecule has 0 atom stereocenters. The number of carbonyl (C=O) groups excluding carboxylic acids is 2. The van der Waals surface area contributed by atoms with Gasteiger partial charge in [-0.3, -0.25) is 9.59 Å². The Labute approximate surface area is 225 Å². The van der Waals surface area contributed by atoms with Crippen LogP contribution in [0, 0.1) is 12.8 Å². The van der Waals surface area contributed by atoms with E-state index in [1.54, 1.807) is 31.3 Å². The Balaban J connectivity index is 1.47. The quantitative estimate of drug-likeness (QED) is 0.261. The van der Waals surface area contributed by atoms with Crippen molar-refractivity contribution in [2.24, 2.45) is 5.92 Å². The van der Waals surface area contributed by atoms with Gasteiger partial charge in [0.05, 0.1) is 5.56 Å². The number of carbonyl (C=O) groups is 2. The molecule has 0 saturated heterocycles. The van der Waals surface area contributed by atoms with Gasteiger partial charge in [-0.2, -0.15) is 0 Å². The van der Waals surface area contributed by atoms with E-state index >= 15 is 0 Å². The maximum Gasteiger partial charge on any atom is 0.255 e. The van der Waals surface area contributed by atoms with Gasteiger partial charge in [0.15, 0.2) is 0 Å². The molecule has 3 aliphatic carbocycles. The van der Waals surface area contributed by atoms with Crippen LogP contribution in [-0.4, -0.2) is 30.8 Å². The zero-order chi connectivity index (χ0) is 27.3. The fourth-order valence-corrected chi connectivity index (χ4v) is 5.96. The number of halogens is 2. The topological polar surface area (TPSA) is 71.3 Å². The van der Waals surface area contributed by atoms with Crippen LogP contribution in [0.25, 0.3) is 33.4 Å². The maximum atomic E-state index is 13.3. The lowest BCUT2D eigenvalue weighted by atomic mass is 9.50. The standard InChI is InChI=1S/C32H30F2N2O3/c1-18-6-8-20(9-7-18)29-28(31(38)35-2)25-14-24(22(10-11-27(33)34)13-26(25)39-29)21-4-3-5-23(12-21)30(37)36-32-15-19(16-32)17-32/h3-9,12-14,19,27H,10-11,15-17H2,1-2H3,(H,35,38)(H,36,37). The molecule has 39 heavy (non-hydrogen) atoms. The molecule has 0 spiro atoms. The van der Waals surface area contributed by atoms with Gasteiger partial charge in [0.1, 0.15) is 11.3 Å². The Morgan fingerprint density at radius 3 is 2.38 bits per heavy atom. The van der Waals surface area contributed by atoms with E-state index < -0.39 is 6.43 Å². The van der Waals surface area contributed by atoms with Crippen molar-refractivity contribution in [1.29, 1.82) is 0 Å². The molecule has 200 valence electrons. The highest BCUT2D eigenvalue weighted by molar-refractivity contribution is 6.12. The molecule has 4 aromatic rings. The lowest BCUT2D eigenvalue weighted by molar-refractivity contribution is -0.0438. The zero-order valence-corrected chi connectivity index (χ0v) is 21.9. The normalized spacial score (nSPS) is 19.5. The summed E-state index contributed by atoms with van der Waals surface area (Å²) < 4.78 is 32.8. The zero-order valence-electron chi connectivity index (χ0n) is 21.9. The van der Waals surface area contributed by atoms with Crippen molar-refractivity contribution in [2.75, 3.05) is 7.05 Å². The van der Waals surface area contributed by atoms with Gasteiger partial charge in [-0.15, -0.1) is 0 Å². The van der Waals surface area contributed by atoms with Crippen LogP contribution >= 0.6 is 0 Å². The molecule has 3 aromatic carbocycles. The number of fused-ring (bicyclic) bond motifs is 1. The maximum absolute atomic E-state index is 13.3. The van der Waals surface area contributed by atoms with Crippen molar-refractivity contribution in [1.82, 2.24) is 10.6 Å². The molecule has 5 nitrogen and oxygen atoms in total. The molecule has 1 aromatic heterocycles. The summed E-state index contributed by atoms with van der Waals surface area (Å²) in [4.78, 5) is 26.1. The molecular formula is C32H30F2N2O3. The van der Waals surface area contributed by atoms with Gasteiger partial charge in [0.2, 0.25) is 6.43 Å². The Kier molecular flexibility index (Phi) is 6.25. The van der Waals surface area contributed by atoms with E-state index in [-0.39, 0.29) is 30.2 Å². The molecule has 2 bridgehead atoms. The molecule has 0 unspecified atom stereocenters. The molecule has 0 aliphatic heterocycles. The number of aryl methyl sites for hydroxylation is 2. The number of amides is 2. The molecule has 2 N–H and O–H groups in total. The average Bonchev–Trinajstić information content (AvgIpc) is 3.26. The average molecular weight is 529 g/mol. The van der Waals surface area contributed by atoms with E-state index in [1.807, 2.05) is 43.3 Å². The predicted molar refractivity (Wildman–Crippen MR) is 147 cm³/mol. The van der Waals surface area contributed by atoms with Crippen LogP contribution in [0.15, 0.2) is 65.1 Å². The smallest absolute Gasteiger partial charge is 0.255 e. The highest BCUT2D eigenvalue weighted by atomic mass is 19.3. The first kappa shape index (κ1) is 25.3. The van der Waals surface area contributed by atoms with Crippen molar-refractivity contribution >= 4 is 22.8 Å².